The highest BCUT2D eigenvalue weighted by Gasteiger charge is 2.29. The molecule has 4 aromatic rings. The fourth-order valence-corrected chi connectivity index (χ4v) is 4.37. The van der Waals surface area contributed by atoms with E-state index in [-0.39, 0.29) is 11.8 Å². The molecule has 1 aliphatic rings. The number of hydrogen-bond acceptors (Lipinski definition) is 3. The Morgan fingerprint density at radius 3 is 2.48 bits per heavy atom. The molecule has 1 aromatic carbocycles. The van der Waals surface area contributed by atoms with Gasteiger partial charge in [0.2, 0.25) is 0 Å². The number of aromatic nitrogens is 3. The maximum Gasteiger partial charge on any atom is 0.253 e. The van der Waals surface area contributed by atoms with E-state index < -0.39 is 0 Å². The first-order valence-electron chi connectivity index (χ1n) is 10.0. The fourth-order valence-electron chi connectivity index (χ4n) is 4.37. The molecule has 1 aliphatic heterocycles. The molecule has 0 unspecified atom stereocenters. The largest absolute Gasteiger partial charge is 0.358 e. The maximum atomic E-state index is 13.0. The Balaban J connectivity index is 1.53. The zero-order valence-corrected chi connectivity index (χ0v) is 16.1. The molecule has 29 heavy (non-hydrogen) atoms. The lowest BCUT2D eigenvalue weighted by Crippen LogP contribution is -2.39. The Kier molecular flexibility index (Phi) is 4.56. The van der Waals surface area contributed by atoms with E-state index in [4.69, 9.17) is 0 Å². The first-order valence-corrected chi connectivity index (χ1v) is 10.0. The molecular weight excluding hydrogens is 360 g/mol. The molecule has 0 saturated carbocycles. The fraction of sp³-hybridized carbons (Fsp3) is 0.208. The molecule has 1 amide bonds. The van der Waals surface area contributed by atoms with Crippen molar-refractivity contribution in [3.05, 3.63) is 84.6 Å². The number of hydrogen-bond donors (Lipinski definition) is 1. The van der Waals surface area contributed by atoms with Crippen molar-refractivity contribution in [1.29, 1.82) is 0 Å². The Hall–Kier alpha value is -3.47. The Morgan fingerprint density at radius 2 is 1.69 bits per heavy atom. The smallest absolute Gasteiger partial charge is 0.253 e. The first kappa shape index (κ1) is 17.6. The number of H-pyrrole nitrogens is 1. The van der Waals surface area contributed by atoms with Crippen molar-refractivity contribution in [3.63, 3.8) is 0 Å². The van der Waals surface area contributed by atoms with Crippen LogP contribution in [0.4, 0.5) is 0 Å². The number of para-hydroxylation sites is 1. The van der Waals surface area contributed by atoms with Gasteiger partial charge in [0.1, 0.15) is 0 Å². The van der Waals surface area contributed by atoms with E-state index in [1.54, 1.807) is 24.5 Å². The van der Waals surface area contributed by atoms with Crippen molar-refractivity contribution in [2.75, 3.05) is 13.1 Å². The van der Waals surface area contributed by atoms with Crippen LogP contribution in [0, 0.1) is 0 Å². The summed E-state index contributed by atoms with van der Waals surface area (Å²) in [5, 5.41) is 1.21. The van der Waals surface area contributed by atoms with Crippen LogP contribution < -0.4 is 0 Å². The van der Waals surface area contributed by atoms with Gasteiger partial charge in [-0.15, -0.1) is 0 Å². The van der Waals surface area contributed by atoms with Gasteiger partial charge < -0.3 is 9.88 Å². The van der Waals surface area contributed by atoms with Gasteiger partial charge in [-0.25, -0.2) is 0 Å². The van der Waals surface area contributed by atoms with E-state index in [9.17, 15) is 4.79 Å². The number of nitrogens with one attached hydrogen (secondary N) is 1. The summed E-state index contributed by atoms with van der Waals surface area (Å²) in [5.74, 6) is 0.351. The maximum absolute atomic E-state index is 13.0. The molecule has 144 valence electrons. The number of amides is 1. The lowest BCUT2D eigenvalue weighted by atomic mass is 9.89. The van der Waals surface area contributed by atoms with Crippen LogP contribution in [0.2, 0.25) is 0 Å². The lowest BCUT2D eigenvalue weighted by Gasteiger charge is -2.33. The number of carbonyl (C=O) groups is 1. The number of piperidine rings is 1. The molecule has 1 atom stereocenters. The second kappa shape index (κ2) is 7.51. The SMILES string of the molecule is O=C(c1ccncc1)N1CCC[C@@H](c2[nH]c3ccccc3c2-c2ccncc2)C1. The average molecular weight is 382 g/mol. The van der Waals surface area contributed by atoms with Gasteiger partial charge in [0.15, 0.2) is 0 Å². The van der Waals surface area contributed by atoms with E-state index >= 15 is 0 Å². The molecule has 0 bridgehead atoms. The predicted molar refractivity (Wildman–Crippen MR) is 114 cm³/mol. The number of aromatic amines is 1. The van der Waals surface area contributed by atoms with Crippen LogP contribution in [0.1, 0.15) is 34.8 Å². The van der Waals surface area contributed by atoms with E-state index in [0.717, 1.165) is 30.5 Å². The van der Waals surface area contributed by atoms with Crippen LogP contribution in [0.15, 0.2) is 73.3 Å². The van der Waals surface area contributed by atoms with Crippen LogP contribution in [-0.2, 0) is 0 Å². The summed E-state index contributed by atoms with van der Waals surface area (Å²) < 4.78 is 0. The summed E-state index contributed by atoms with van der Waals surface area (Å²) in [6.07, 6.45) is 9.07. The minimum Gasteiger partial charge on any atom is -0.358 e. The summed E-state index contributed by atoms with van der Waals surface area (Å²) in [6.45, 7) is 1.51. The summed E-state index contributed by atoms with van der Waals surface area (Å²) in [4.78, 5) is 26.8. The molecule has 1 N–H and O–H groups in total. The van der Waals surface area contributed by atoms with Crippen LogP contribution in [0.5, 0.6) is 0 Å². The zero-order valence-electron chi connectivity index (χ0n) is 16.1. The van der Waals surface area contributed by atoms with Crippen molar-refractivity contribution >= 4 is 16.8 Å². The average Bonchev–Trinajstić information content (AvgIpc) is 3.19. The highest BCUT2D eigenvalue weighted by Crippen LogP contribution is 2.39. The van der Waals surface area contributed by atoms with Crippen molar-refractivity contribution in [1.82, 2.24) is 19.9 Å². The van der Waals surface area contributed by atoms with Crippen LogP contribution in [-0.4, -0.2) is 38.8 Å². The van der Waals surface area contributed by atoms with Gasteiger partial charge in [-0.3, -0.25) is 14.8 Å². The van der Waals surface area contributed by atoms with Crippen LogP contribution >= 0.6 is 0 Å². The van der Waals surface area contributed by atoms with Gasteiger partial charge >= 0.3 is 0 Å². The van der Waals surface area contributed by atoms with E-state index in [1.165, 1.54) is 16.6 Å². The quantitative estimate of drug-likeness (QED) is 0.561. The molecule has 3 aromatic heterocycles. The Labute approximate surface area is 169 Å². The molecule has 0 spiro atoms. The predicted octanol–water partition coefficient (Wildman–Crippen LogP) is 4.64. The van der Waals surface area contributed by atoms with E-state index in [1.807, 2.05) is 17.3 Å². The molecule has 1 saturated heterocycles. The number of rotatable bonds is 3. The van der Waals surface area contributed by atoms with Crippen molar-refractivity contribution in [2.45, 2.75) is 18.8 Å². The minimum absolute atomic E-state index is 0.0821. The van der Waals surface area contributed by atoms with Gasteiger partial charge in [0.05, 0.1) is 0 Å². The normalized spacial score (nSPS) is 16.8. The van der Waals surface area contributed by atoms with Crippen LogP contribution in [0.25, 0.3) is 22.0 Å². The van der Waals surface area contributed by atoms with Gasteiger partial charge in [0.25, 0.3) is 5.91 Å². The third-order valence-corrected chi connectivity index (χ3v) is 5.75. The number of nitrogens with zero attached hydrogens (tertiary/aromatic N) is 3. The molecule has 1 fully saturated rings. The number of pyridine rings is 2. The molecule has 5 heteroatoms. The monoisotopic (exact) mass is 382 g/mol. The van der Waals surface area contributed by atoms with Gasteiger partial charge in [-0.05, 0) is 48.7 Å². The highest BCUT2D eigenvalue weighted by molar-refractivity contribution is 5.98. The molecule has 5 nitrogen and oxygen atoms in total. The third kappa shape index (κ3) is 3.29. The van der Waals surface area contributed by atoms with E-state index in [2.05, 4.69) is 51.4 Å². The van der Waals surface area contributed by atoms with Gasteiger partial charge in [-0.1, -0.05) is 18.2 Å². The summed E-state index contributed by atoms with van der Waals surface area (Å²) in [6, 6.07) is 16.1. The number of likely N-dealkylation sites (tertiary alicyclic amines) is 1. The second-order valence-corrected chi connectivity index (χ2v) is 7.52. The standard InChI is InChI=1S/C24H22N4O/c29-24(18-9-13-26-14-10-18)28-15-3-4-19(16-28)23-22(17-7-11-25-12-8-17)20-5-1-2-6-21(20)27-23/h1-2,5-14,19,27H,3-4,15-16H2/t19-/m1/s1. The highest BCUT2D eigenvalue weighted by atomic mass is 16.2. The van der Waals surface area contributed by atoms with Gasteiger partial charge in [-0.2, -0.15) is 0 Å². The van der Waals surface area contributed by atoms with Crippen molar-refractivity contribution < 1.29 is 4.79 Å². The van der Waals surface area contributed by atoms with Crippen LogP contribution in [0.3, 0.4) is 0 Å². The summed E-state index contributed by atoms with van der Waals surface area (Å²) in [7, 11) is 0. The van der Waals surface area contributed by atoms with Crippen molar-refractivity contribution in [3.8, 4) is 11.1 Å². The van der Waals surface area contributed by atoms with Crippen molar-refractivity contribution in [2.24, 2.45) is 0 Å². The molecular formula is C24H22N4O. The first-order chi connectivity index (χ1) is 14.3. The Morgan fingerprint density at radius 1 is 0.966 bits per heavy atom. The van der Waals surface area contributed by atoms with E-state index in [0.29, 0.717) is 12.1 Å². The number of fused-ring (bicyclic) bond motifs is 1. The number of carbonyl (C=O) groups excluding carboxylic acids is 1. The zero-order chi connectivity index (χ0) is 19.6. The van der Waals surface area contributed by atoms with Gasteiger partial charge in [0, 0.05) is 71.5 Å². The second-order valence-electron chi connectivity index (χ2n) is 7.52. The molecule has 0 radical (unpaired) electrons. The minimum atomic E-state index is 0.0821. The number of benzene rings is 1. The third-order valence-electron chi connectivity index (χ3n) is 5.75. The molecule has 0 aliphatic carbocycles. The lowest BCUT2D eigenvalue weighted by molar-refractivity contribution is 0.0706. The Bertz CT molecular complexity index is 1140. The summed E-state index contributed by atoms with van der Waals surface area (Å²) in [5.41, 5.74) is 5.43. The molecule has 5 rings (SSSR count). The molecule has 4 heterocycles. The topological polar surface area (TPSA) is 61.9 Å². The summed E-state index contributed by atoms with van der Waals surface area (Å²) >= 11 is 0.